The number of esters is 1. The smallest absolute Gasteiger partial charge is 0.326 e. The first-order valence-corrected chi connectivity index (χ1v) is 18.1. The molecule has 8 nitrogen and oxygen atoms in total. The van der Waals surface area contributed by atoms with Gasteiger partial charge in [0.05, 0.1) is 29.8 Å². The Bertz CT molecular complexity index is 1850. The summed E-state index contributed by atoms with van der Waals surface area (Å²) in [7, 11) is 0. The van der Waals surface area contributed by atoms with Crippen LogP contribution in [0.2, 0.25) is 0 Å². The molecule has 3 aliphatic rings. The summed E-state index contributed by atoms with van der Waals surface area (Å²) < 4.78 is 5.50. The molecule has 0 spiro atoms. The van der Waals surface area contributed by atoms with Gasteiger partial charge in [0.25, 0.3) is 0 Å². The predicted molar refractivity (Wildman–Crippen MR) is 193 cm³/mol. The summed E-state index contributed by atoms with van der Waals surface area (Å²) in [4.78, 5) is 52.3. The van der Waals surface area contributed by atoms with E-state index in [1.165, 1.54) is 6.42 Å². The number of carbonyl (C=O) groups is 3. The van der Waals surface area contributed by atoms with Crippen LogP contribution in [0.15, 0.2) is 127 Å². The largest absolute Gasteiger partial charge is 0.464 e. The molecule has 7 rings (SSSR count). The van der Waals surface area contributed by atoms with Gasteiger partial charge in [-0.2, -0.15) is 0 Å². The highest BCUT2D eigenvalue weighted by molar-refractivity contribution is 6.09. The number of fused-ring (bicyclic) bond motifs is 5. The van der Waals surface area contributed by atoms with Crippen LogP contribution in [-0.4, -0.2) is 50.9 Å². The lowest BCUT2D eigenvalue weighted by molar-refractivity contribution is -0.153. The lowest BCUT2D eigenvalue weighted by Crippen LogP contribution is -2.40. The number of aliphatic hydroxyl groups is 1. The number of aromatic nitrogens is 2. The Kier molecular flexibility index (Phi) is 10.0. The van der Waals surface area contributed by atoms with Crippen LogP contribution in [-0.2, 0) is 24.7 Å². The second kappa shape index (κ2) is 15.0. The fourth-order valence-electron chi connectivity index (χ4n) is 8.31. The molecular formula is C43H43N3O5. The summed E-state index contributed by atoms with van der Waals surface area (Å²) in [5.41, 5.74) is 3.19. The molecule has 1 saturated heterocycles. The van der Waals surface area contributed by atoms with Crippen LogP contribution in [0.25, 0.3) is 5.57 Å². The predicted octanol–water partition coefficient (Wildman–Crippen LogP) is 6.91. The van der Waals surface area contributed by atoms with Gasteiger partial charge >= 0.3 is 5.97 Å². The summed E-state index contributed by atoms with van der Waals surface area (Å²) >= 11 is 0. The topological polar surface area (TPSA) is 110 Å². The maximum absolute atomic E-state index is 14.5. The molecule has 2 bridgehead atoms. The van der Waals surface area contributed by atoms with Crippen molar-refractivity contribution < 1.29 is 24.2 Å². The van der Waals surface area contributed by atoms with Crippen molar-refractivity contribution >= 4 is 23.4 Å². The van der Waals surface area contributed by atoms with Crippen LogP contribution in [0.5, 0.6) is 0 Å². The Labute approximate surface area is 298 Å². The number of unbranched alkanes of at least 4 members (excludes halogenated alkanes) is 5. The van der Waals surface area contributed by atoms with E-state index >= 15 is 0 Å². The molecule has 2 aromatic heterocycles. The fraction of sp³-hybridized carbons (Fsp3) is 0.326. The lowest BCUT2D eigenvalue weighted by atomic mass is 9.71. The number of ether oxygens (including phenoxy) is 1. The number of rotatable bonds is 14. The summed E-state index contributed by atoms with van der Waals surface area (Å²) in [5, 5.41) is 13.0. The van der Waals surface area contributed by atoms with Crippen molar-refractivity contribution in [3.05, 3.63) is 149 Å². The zero-order valence-electron chi connectivity index (χ0n) is 28.9. The molecule has 5 unspecified atom stereocenters. The van der Waals surface area contributed by atoms with E-state index in [1.807, 2.05) is 91.0 Å². The molecule has 1 N–H and O–H groups in total. The fourth-order valence-corrected chi connectivity index (χ4v) is 8.31. The van der Waals surface area contributed by atoms with Crippen molar-refractivity contribution in [2.75, 3.05) is 13.2 Å². The van der Waals surface area contributed by atoms with Gasteiger partial charge in [0, 0.05) is 29.8 Å². The molecule has 5 atom stereocenters. The molecule has 1 aliphatic heterocycles. The quantitative estimate of drug-likeness (QED) is 0.0667. The molecular weight excluding hydrogens is 638 g/mol. The van der Waals surface area contributed by atoms with E-state index in [0.29, 0.717) is 22.5 Å². The molecule has 0 radical (unpaired) electrons. The Morgan fingerprint density at radius 2 is 1.43 bits per heavy atom. The Morgan fingerprint density at radius 3 is 2.12 bits per heavy atom. The third kappa shape index (κ3) is 6.33. The van der Waals surface area contributed by atoms with Crippen LogP contribution >= 0.6 is 0 Å². The van der Waals surface area contributed by atoms with Crippen molar-refractivity contribution in [3.63, 3.8) is 0 Å². The van der Waals surface area contributed by atoms with Crippen molar-refractivity contribution in [1.29, 1.82) is 0 Å². The van der Waals surface area contributed by atoms with Gasteiger partial charge < -0.3 is 9.84 Å². The maximum Gasteiger partial charge on any atom is 0.326 e. The van der Waals surface area contributed by atoms with Crippen molar-refractivity contribution in [1.82, 2.24) is 14.9 Å². The first-order valence-electron chi connectivity index (χ1n) is 18.1. The average Bonchev–Trinajstić information content (AvgIpc) is 3.79. The molecule has 1 saturated carbocycles. The molecule has 4 aromatic rings. The zero-order valence-corrected chi connectivity index (χ0v) is 28.9. The van der Waals surface area contributed by atoms with Gasteiger partial charge in [-0.15, -0.1) is 0 Å². The highest BCUT2D eigenvalue weighted by Crippen LogP contribution is 2.64. The molecule has 8 heteroatoms. The molecule has 2 aliphatic carbocycles. The van der Waals surface area contributed by atoms with Gasteiger partial charge in [-0.1, -0.05) is 118 Å². The van der Waals surface area contributed by atoms with Gasteiger partial charge in [-0.25, -0.2) is 0 Å². The zero-order chi connectivity index (χ0) is 35.4. The third-order valence-electron chi connectivity index (χ3n) is 10.6. The first kappa shape index (κ1) is 34.2. The number of pyridine rings is 2. The van der Waals surface area contributed by atoms with Gasteiger partial charge in [0.2, 0.25) is 11.8 Å². The van der Waals surface area contributed by atoms with E-state index in [0.717, 1.165) is 53.7 Å². The number of allylic oxidation sites excluding steroid dienone is 2. The van der Waals surface area contributed by atoms with Gasteiger partial charge in [0.15, 0.2) is 5.60 Å². The van der Waals surface area contributed by atoms with E-state index in [2.05, 4.69) is 11.9 Å². The van der Waals surface area contributed by atoms with Crippen LogP contribution in [0.3, 0.4) is 0 Å². The number of benzene rings is 2. The summed E-state index contributed by atoms with van der Waals surface area (Å²) in [6.45, 7) is 2.00. The SMILES string of the molecule is CCCCCCCCOC(=O)CN1C(=O)C2C3C=C(C(O)(c4ccccc4)c4ccccn4)C(C3=C(c3ccccc3)c3ccccn3)C2C1=O. The van der Waals surface area contributed by atoms with Crippen LogP contribution in [0.1, 0.15) is 68.0 Å². The molecule has 2 aromatic carbocycles. The van der Waals surface area contributed by atoms with Crippen LogP contribution < -0.4 is 0 Å². The number of likely N-dealkylation sites (tertiary alicyclic amines) is 1. The van der Waals surface area contributed by atoms with Crippen molar-refractivity contribution in [2.24, 2.45) is 23.7 Å². The van der Waals surface area contributed by atoms with E-state index in [-0.39, 0.29) is 6.61 Å². The van der Waals surface area contributed by atoms with Gasteiger partial charge in [0.1, 0.15) is 6.54 Å². The van der Waals surface area contributed by atoms with E-state index in [1.54, 1.807) is 24.5 Å². The Hall–Kier alpha value is -5.21. The second-order valence-electron chi connectivity index (χ2n) is 13.6. The minimum atomic E-state index is -1.71. The monoisotopic (exact) mass is 681 g/mol. The minimum absolute atomic E-state index is 0.260. The number of carbonyl (C=O) groups excluding carboxylic acids is 3. The lowest BCUT2D eigenvalue weighted by Gasteiger charge is -2.36. The van der Waals surface area contributed by atoms with Gasteiger partial charge in [-0.3, -0.25) is 29.3 Å². The number of imide groups is 1. The molecule has 2 amide bonds. The normalized spacial score (nSPS) is 22.8. The van der Waals surface area contributed by atoms with Crippen molar-refractivity contribution in [2.45, 2.75) is 51.0 Å². The van der Waals surface area contributed by atoms with Crippen LogP contribution in [0, 0.1) is 23.7 Å². The summed E-state index contributed by atoms with van der Waals surface area (Å²) in [6, 6.07) is 30.3. The van der Waals surface area contributed by atoms with Gasteiger partial charge in [-0.05, 0) is 53.0 Å². The molecule has 260 valence electrons. The first-order chi connectivity index (χ1) is 24.9. The Morgan fingerprint density at radius 1 is 0.784 bits per heavy atom. The second-order valence-corrected chi connectivity index (χ2v) is 13.6. The number of hydrogen-bond donors (Lipinski definition) is 1. The molecule has 3 heterocycles. The highest BCUT2D eigenvalue weighted by atomic mass is 16.5. The Balaban J connectivity index is 1.30. The summed E-state index contributed by atoms with van der Waals surface area (Å²) in [6.07, 6.45) is 11.7. The minimum Gasteiger partial charge on any atom is -0.464 e. The van der Waals surface area contributed by atoms with Crippen molar-refractivity contribution in [3.8, 4) is 0 Å². The summed E-state index contributed by atoms with van der Waals surface area (Å²) in [5.74, 6) is -4.19. The van der Waals surface area contributed by atoms with Crippen LogP contribution in [0.4, 0.5) is 0 Å². The number of nitrogens with zero attached hydrogens (tertiary/aromatic N) is 3. The number of hydrogen-bond acceptors (Lipinski definition) is 7. The number of amides is 2. The highest BCUT2D eigenvalue weighted by Gasteiger charge is 2.67. The third-order valence-corrected chi connectivity index (χ3v) is 10.6. The average molecular weight is 682 g/mol. The van der Waals surface area contributed by atoms with E-state index in [9.17, 15) is 19.5 Å². The maximum atomic E-state index is 14.5. The molecule has 51 heavy (non-hydrogen) atoms. The standard InChI is InChI=1S/C43H43N3O5/c1-2-3-4-5-6-17-26-51-35(47)28-46-41(48)38-31-27-32(43(50,30-20-11-8-12-21-30)34-23-14-16-25-45-34)39(40(38)42(46)49)37(31)36(29-18-9-7-10-19-29)33-22-13-15-24-44-33/h7-16,18-25,27,31,38-40,50H,2-6,17,26,28H2,1H3. The molecule has 2 fully saturated rings. The van der Waals surface area contributed by atoms with E-state index in [4.69, 9.17) is 9.72 Å². The van der Waals surface area contributed by atoms with E-state index < -0.39 is 53.6 Å².